The number of anilines is 2. The minimum atomic E-state index is -0.455. The molecule has 0 aromatic carbocycles. The number of hydrogen-bond donors (Lipinski definition) is 2. The third-order valence-corrected chi connectivity index (χ3v) is 1.98. The molecule has 6 nitrogen and oxygen atoms in total. The lowest BCUT2D eigenvalue weighted by molar-refractivity contribution is 0.201. The van der Waals surface area contributed by atoms with Crippen molar-refractivity contribution in [2.75, 3.05) is 30.4 Å². The predicted octanol–water partition coefficient (Wildman–Crippen LogP) is 0.774. The summed E-state index contributed by atoms with van der Waals surface area (Å²) in [6.07, 6.45) is -0.455. The minimum Gasteiger partial charge on any atom is -0.392 e. The summed E-state index contributed by atoms with van der Waals surface area (Å²) in [5.41, 5.74) is 0. The molecule has 0 saturated heterocycles. The normalized spacial score (nSPS) is 12.3. The average Bonchev–Trinajstić information content (AvgIpc) is 2.16. The Labute approximate surface area is 99.7 Å². The van der Waals surface area contributed by atoms with Gasteiger partial charge in [-0.3, -0.25) is 0 Å². The number of nitrogens with zero attached hydrogens (tertiary/aromatic N) is 4. The molecule has 2 N–H and O–H groups in total. The Balaban J connectivity index is 2.86. The van der Waals surface area contributed by atoms with Gasteiger partial charge in [-0.05, 0) is 25.4 Å². The molecule has 0 fully saturated rings. The van der Waals surface area contributed by atoms with Gasteiger partial charge in [-0.1, -0.05) is 0 Å². The van der Waals surface area contributed by atoms with Crippen molar-refractivity contribution in [3.05, 3.63) is 5.28 Å². The van der Waals surface area contributed by atoms with Crippen molar-refractivity contribution in [2.24, 2.45) is 0 Å². The van der Waals surface area contributed by atoms with Gasteiger partial charge in [-0.25, -0.2) is 0 Å². The van der Waals surface area contributed by atoms with Gasteiger partial charge in [0, 0.05) is 20.1 Å². The number of rotatable bonds is 5. The van der Waals surface area contributed by atoms with Gasteiger partial charge in [-0.2, -0.15) is 15.0 Å². The SMILES string of the molecule is CCNc1nc(Cl)nc(N(C)CC(C)O)n1. The van der Waals surface area contributed by atoms with Gasteiger partial charge >= 0.3 is 0 Å². The van der Waals surface area contributed by atoms with Crippen LogP contribution >= 0.6 is 11.6 Å². The maximum absolute atomic E-state index is 9.26. The topological polar surface area (TPSA) is 74.2 Å². The van der Waals surface area contributed by atoms with E-state index in [0.29, 0.717) is 25.0 Å². The van der Waals surface area contributed by atoms with Crippen LogP contribution in [0.5, 0.6) is 0 Å². The molecule has 0 radical (unpaired) electrons. The summed E-state index contributed by atoms with van der Waals surface area (Å²) < 4.78 is 0. The first-order valence-corrected chi connectivity index (χ1v) is 5.45. The van der Waals surface area contributed by atoms with E-state index in [4.69, 9.17) is 11.6 Å². The highest BCUT2D eigenvalue weighted by Gasteiger charge is 2.10. The zero-order valence-corrected chi connectivity index (χ0v) is 10.4. The maximum atomic E-state index is 9.26. The lowest BCUT2D eigenvalue weighted by atomic mass is 10.4. The minimum absolute atomic E-state index is 0.137. The van der Waals surface area contributed by atoms with Gasteiger partial charge in [0.2, 0.25) is 17.2 Å². The summed E-state index contributed by atoms with van der Waals surface area (Å²) in [4.78, 5) is 13.8. The summed E-state index contributed by atoms with van der Waals surface area (Å²) in [6, 6.07) is 0. The quantitative estimate of drug-likeness (QED) is 0.799. The summed E-state index contributed by atoms with van der Waals surface area (Å²) in [7, 11) is 1.79. The Bertz CT molecular complexity index is 347. The Morgan fingerprint density at radius 3 is 2.69 bits per heavy atom. The molecule has 7 heteroatoms. The molecule has 0 bridgehead atoms. The van der Waals surface area contributed by atoms with Crippen molar-refractivity contribution in [3.63, 3.8) is 0 Å². The smallest absolute Gasteiger partial charge is 0.231 e. The van der Waals surface area contributed by atoms with Crippen LogP contribution in [0.15, 0.2) is 0 Å². The van der Waals surface area contributed by atoms with E-state index < -0.39 is 6.10 Å². The van der Waals surface area contributed by atoms with Crippen LogP contribution in [-0.4, -0.2) is 46.3 Å². The van der Waals surface area contributed by atoms with Crippen LogP contribution in [0.4, 0.5) is 11.9 Å². The third kappa shape index (κ3) is 3.79. The third-order valence-electron chi connectivity index (χ3n) is 1.81. The van der Waals surface area contributed by atoms with Crippen molar-refractivity contribution >= 4 is 23.5 Å². The van der Waals surface area contributed by atoms with Crippen LogP contribution in [0.3, 0.4) is 0 Å². The van der Waals surface area contributed by atoms with Crippen LogP contribution < -0.4 is 10.2 Å². The van der Waals surface area contributed by atoms with E-state index in [-0.39, 0.29) is 5.28 Å². The number of nitrogens with one attached hydrogen (secondary N) is 1. The molecule has 1 aromatic rings. The highest BCUT2D eigenvalue weighted by molar-refractivity contribution is 6.28. The van der Waals surface area contributed by atoms with Crippen LogP contribution in [0.1, 0.15) is 13.8 Å². The lowest BCUT2D eigenvalue weighted by Gasteiger charge is -2.18. The van der Waals surface area contributed by atoms with Crippen LogP contribution in [-0.2, 0) is 0 Å². The first-order valence-electron chi connectivity index (χ1n) is 5.07. The molecule has 16 heavy (non-hydrogen) atoms. The fourth-order valence-corrected chi connectivity index (χ4v) is 1.38. The molecule has 1 unspecified atom stereocenters. The Hall–Kier alpha value is -1.14. The second-order valence-electron chi connectivity index (χ2n) is 3.49. The predicted molar refractivity (Wildman–Crippen MR) is 64.0 cm³/mol. The monoisotopic (exact) mass is 245 g/mol. The number of hydrogen-bond acceptors (Lipinski definition) is 6. The van der Waals surface area contributed by atoms with E-state index in [2.05, 4.69) is 20.3 Å². The molecule has 0 aliphatic heterocycles. The molecule has 90 valence electrons. The molecule has 0 aliphatic carbocycles. The average molecular weight is 246 g/mol. The second-order valence-corrected chi connectivity index (χ2v) is 3.83. The van der Waals surface area contributed by atoms with Gasteiger partial charge in [-0.15, -0.1) is 0 Å². The Morgan fingerprint density at radius 2 is 2.12 bits per heavy atom. The molecule has 1 heterocycles. The van der Waals surface area contributed by atoms with E-state index in [1.165, 1.54) is 0 Å². The molecular formula is C9H16ClN5O. The van der Waals surface area contributed by atoms with E-state index in [1.807, 2.05) is 6.92 Å². The first kappa shape index (κ1) is 12.9. The highest BCUT2D eigenvalue weighted by Crippen LogP contribution is 2.12. The largest absolute Gasteiger partial charge is 0.392 e. The highest BCUT2D eigenvalue weighted by atomic mass is 35.5. The van der Waals surface area contributed by atoms with E-state index in [9.17, 15) is 5.11 Å². The Kier molecular flexibility index (Phi) is 4.70. The van der Waals surface area contributed by atoms with Crippen molar-refractivity contribution in [2.45, 2.75) is 20.0 Å². The number of aliphatic hydroxyl groups excluding tert-OH is 1. The summed E-state index contributed by atoms with van der Waals surface area (Å²) in [6.45, 7) is 4.78. The fourth-order valence-electron chi connectivity index (χ4n) is 1.23. The van der Waals surface area contributed by atoms with Crippen molar-refractivity contribution in [1.29, 1.82) is 0 Å². The molecule has 1 aromatic heterocycles. The molecule has 1 rings (SSSR count). The van der Waals surface area contributed by atoms with E-state index in [0.717, 1.165) is 0 Å². The van der Waals surface area contributed by atoms with Gasteiger partial charge in [0.05, 0.1) is 6.10 Å². The zero-order valence-electron chi connectivity index (χ0n) is 9.61. The molecular weight excluding hydrogens is 230 g/mol. The zero-order chi connectivity index (χ0) is 12.1. The van der Waals surface area contributed by atoms with Gasteiger partial charge in [0.15, 0.2) is 0 Å². The molecule has 0 saturated carbocycles. The maximum Gasteiger partial charge on any atom is 0.231 e. The molecule has 0 spiro atoms. The van der Waals surface area contributed by atoms with Crippen molar-refractivity contribution < 1.29 is 5.11 Å². The first-order chi connectivity index (χ1) is 7.52. The van der Waals surface area contributed by atoms with Gasteiger partial charge in [0.25, 0.3) is 0 Å². The van der Waals surface area contributed by atoms with Gasteiger partial charge in [0.1, 0.15) is 0 Å². The second kappa shape index (κ2) is 5.81. The number of likely N-dealkylation sites (N-methyl/N-ethyl adjacent to an activating group) is 1. The fraction of sp³-hybridized carbons (Fsp3) is 0.667. The van der Waals surface area contributed by atoms with Crippen LogP contribution in [0.2, 0.25) is 5.28 Å². The van der Waals surface area contributed by atoms with E-state index >= 15 is 0 Å². The van der Waals surface area contributed by atoms with Crippen LogP contribution in [0.25, 0.3) is 0 Å². The summed E-state index contributed by atoms with van der Waals surface area (Å²) >= 11 is 5.77. The standard InChI is InChI=1S/C9H16ClN5O/c1-4-11-8-12-7(10)13-9(14-8)15(3)5-6(2)16/h6,16H,4-5H2,1-3H3,(H,11,12,13,14). The molecule has 1 atom stereocenters. The number of halogens is 1. The van der Waals surface area contributed by atoms with Gasteiger partial charge < -0.3 is 15.3 Å². The molecule has 0 aliphatic rings. The van der Waals surface area contributed by atoms with Crippen molar-refractivity contribution in [1.82, 2.24) is 15.0 Å². The molecule has 0 amide bonds. The lowest BCUT2D eigenvalue weighted by Crippen LogP contribution is -2.28. The summed E-state index contributed by atoms with van der Waals surface area (Å²) in [5, 5.41) is 12.4. The van der Waals surface area contributed by atoms with Crippen LogP contribution in [0, 0.1) is 0 Å². The number of aliphatic hydroxyl groups is 1. The van der Waals surface area contributed by atoms with E-state index in [1.54, 1.807) is 18.9 Å². The van der Waals surface area contributed by atoms with Crippen molar-refractivity contribution in [3.8, 4) is 0 Å². The Morgan fingerprint density at radius 1 is 1.44 bits per heavy atom. The number of aromatic nitrogens is 3. The summed E-state index contributed by atoms with van der Waals surface area (Å²) in [5.74, 6) is 0.881.